The van der Waals surface area contributed by atoms with Gasteiger partial charge in [0.2, 0.25) is 0 Å². The molecule has 6 nitrogen and oxygen atoms in total. The average Bonchev–Trinajstić information content (AvgIpc) is 2.53. The second-order valence-electron chi connectivity index (χ2n) is 4.37. The first-order valence-corrected chi connectivity index (χ1v) is 6.92. The van der Waals surface area contributed by atoms with E-state index in [0.29, 0.717) is 11.8 Å². The van der Waals surface area contributed by atoms with Gasteiger partial charge >= 0.3 is 5.97 Å². The normalized spacial score (nSPS) is 8.82. The number of nitrogens with zero attached hydrogens (tertiary/aromatic N) is 2. The van der Waals surface area contributed by atoms with Crippen molar-refractivity contribution in [3.63, 3.8) is 0 Å². The number of hydrogen-bond acceptors (Lipinski definition) is 5. The Morgan fingerprint density at radius 3 is 2.27 bits per heavy atom. The molecule has 0 saturated heterocycles. The largest absolute Gasteiger partial charge is 0.363 e. The number of hydrogen-bond donors (Lipinski definition) is 0. The van der Waals surface area contributed by atoms with Gasteiger partial charge in [-0.1, -0.05) is 20.3 Å². The zero-order chi connectivity index (χ0) is 17.0. The Hall–Kier alpha value is -2.68. The molecule has 1 amide bonds. The molecule has 0 aliphatic carbocycles. The number of nitriles is 1. The maximum atomic E-state index is 11.7. The lowest BCUT2D eigenvalue weighted by molar-refractivity contribution is -0.161. The first-order valence-electron chi connectivity index (χ1n) is 6.92. The van der Waals surface area contributed by atoms with E-state index in [9.17, 15) is 14.4 Å². The van der Waals surface area contributed by atoms with Gasteiger partial charge < -0.3 is 9.63 Å². The molecule has 0 unspecified atom stereocenters. The van der Waals surface area contributed by atoms with Gasteiger partial charge in [-0.3, -0.25) is 4.79 Å². The molecule has 0 aromatic heterocycles. The Balaban J connectivity index is 0.00000135. The lowest BCUT2D eigenvalue weighted by atomic mass is 10.1. The van der Waals surface area contributed by atoms with Crippen LogP contribution in [-0.2, 0) is 14.4 Å². The van der Waals surface area contributed by atoms with Crippen molar-refractivity contribution in [1.82, 2.24) is 5.06 Å². The maximum absolute atomic E-state index is 11.7. The Bertz CT molecular complexity index is 532. The van der Waals surface area contributed by atoms with Crippen LogP contribution in [-0.4, -0.2) is 30.3 Å². The average molecular weight is 304 g/mol. The molecule has 0 atom stereocenters. The molecule has 0 radical (unpaired) electrons. The molecule has 0 aliphatic rings. The zero-order valence-electron chi connectivity index (χ0n) is 13.0. The number of hydroxylamine groups is 2. The van der Waals surface area contributed by atoms with E-state index in [1.54, 1.807) is 0 Å². The number of rotatable bonds is 4. The van der Waals surface area contributed by atoms with E-state index in [2.05, 4.69) is 13.8 Å². The summed E-state index contributed by atoms with van der Waals surface area (Å²) in [5.41, 5.74) is 0.654. The van der Waals surface area contributed by atoms with E-state index in [-0.39, 0.29) is 18.4 Å². The molecule has 1 rings (SSSR count). The molecule has 0 fully saturated rings. The summed E-state index contributed by atoms with van der Waals surface area (Å²) < 4.78 is 0. The molecule has 0 aliphatic heterocycles. The van der Waals surface area contributed by atoms with Crippen molar-refractivity contribution >= 4 is 18.2 Å². The SMILES string of the molecule is CCC.CN(OC(=O)c1ccc(C#N)cc1)C(=O)CCC=O. The van der Waals surface area contributed by atoms with Gasteiger partial charge in [0.15, 0.2) is 0 Å². The van der Waals surface area contributed by atoms with Crippen molar-refractivity contribution in [2.45, 2.75) is 33.1 Å². The van der Waals surface area contributed by atoms with Gasteiger partial charge in [-0.15, -0.1) is 0 Å². The number of amides is 1. The Morgan fingerprint density at radius 2 is 1.82 bits per heavy atom. The minimum absolute atomic E-state index is 0.0132. The molecule has 118 valence electrons. The monoisotopic (exact) mass is 304 g/mol. The molecule has 1 aromatic rings. The van der Waals surface area contributed by atoms with E-state index < -0.39 is 11.9 Å². The number of aldehydes is 1. The van der Waals surface area contributed by atoms with Gasteiger partial charge in [-0.05, 0) is 24.3 Å². The smallest absolute Gasteiger partial charge is 0.333 e. The second kappa shape index (κ2) is 11.0. The van der Waals surface area contributed by atoms with Gasteiger partial charge in [-0.25, -0.2) is 4.79 Å². The van der Waals surface area contributed by atoms with Crippen molar-refractivity contribution in [3.8, 4) is 6.07 Å². The van der Waals surface area contributed by atoms with E-state index in [0.717, 1.165) is 5.06 Å². The van der Waals surface area contributed by atoms with Crippen LogP contribution in [0.1, 0.15) is 49.0 Å². The summed E-state index contributed by atoms with van der Waals surface area (Å²) >= 11 is 0. The van der Waals surface area contributed by atoms with Gasteiger partial charge in [0.05, 0.1) is 17.2 Å². The summed E-state index contributed by atoms with van der Waals surface area (Å²) in [6.45, 7) is 4.25. The highest BCUT2D eigenvalue weighted by Crippen LogP contribution is 2.06. The first-order chi connectivity index (χ1) is 10.5. The maximum Gasteiger partial charge on any atom is 0.363 e. The van der Waals surface area contributed by atoms with Crippen molar-refractivity contribution < 1.29 is 19.2 Å². The fourth-order valence-electron chi connectivity index (χ4n) is 1.25. The molecule has 6 heteroatoms. The lowest BCUT2D eigenvalue weighted by Gasteiger charge is -2.15. The molecular weight excluding hydrogens is 284 g/mol. The third kappa shape index (κ3) is 7.20. The summed E-state index contributed by atoms with van der Waals surface area (Å²) in [4.78, 5) is 38.0. The molecule has 1 aromatic carbocycles. The third-order valence-electron chi connectivity index (χ3n) is 2.30. The van der Waals surface area contributed by atoms with Gasteiger partial charge in [0, 0.05) is 19.9 Å². The van der Waals surface area contributed by atoms with E-state index >= 15 is 0 Å². The molecule has 22 heavy (non-hydrogen) atoms. The van der Waals surface area contributed by atoms with E-state index in [1.807, 2.05) is 6.07 Å². The lowest BCUT2D eigenvalue weighted by Crippen LogP contribution is -2.29. The first kappa shape index (κ1) is 19.3. The predicted molar refractivity (Wildman–Crippen MR) is 80.6 cm³/mol. The summed E-state index contributed by atoms with van der Waals surface area (Å²) in [7, 11) is 1.30. The van der Waals surface area contributed by atoms with Gasteiger partial charge in [-0.2, -0.15) is 10.3 Å². The van der Waals surface area contributed by atoms with E-state index in [4.69, 9.17) is 10.1 Å². The second-order valence-corrected chi connectivity index (χ2v) is 4.37. The topological polar surface area (TPSA) is 87.5 Å². The molecular formula is C16H20N2O4. The minimum atomic E-state index is -0.702. The van der Waals surface area contributed by atoms with Crippen LogP contribution in [0, 0.1) is 11.3 Å². The molecule has 0 spiro atoms. The van der Waals surface area contributed by atoms with Crippen LogP contribution in [0.3, 0.4) is 0 Å². The van der Waals surface area contributed by atoms with Crippen LogP contribution in [0.2, 0.25) is 0 Å². The molecule has 0 N–H and O–H groups in total. The van der Waals surface area contributed by atoms with Crippen LogP contribution >= 0.6 is 0 Å². The van der Waals surface area contributed by atoms with Crippen LogP contribution in [0.5, 0.6) is 0 Å². The third-order valence-corrected chi connectivity index (χ3v) is 2.30. The van der Waals surface area contributed by atoms with Gasteiger partial charge in [0.1, 0.15) is 6.29 Å². The van der Waals surface area contributed by atoms with Gasteiger partial charge in [0.25, 0.3) is 5.91 Å². The number of carbonyl (C=O) groups is 3. The standard InChI is InChI=1S/C13H12N2O4.C3H8/c1-15(12(17)3-2-8-16)19-13(18)11-6-4-10(9-14)5-7-11;1-3-2/h4-8H,2-3H2,1H3;3H2,1-2H3. The molecule has 0 bridgehead atoms. The summed E-state index contributed by atoms with van der Waals surface area (Å²) in [5.74, 6) is -1.17. The number of carbonyl (C=O) groups excluding carboxylic acids is 3. The van der Waals surface area contributed by atoms with Crippen molar-refractivity contribution in [2.24, 2.45) is 0 Å². The Morgan fingerprint density at radius 1 is 1.27 bits per heavy atom. The molecule has 0 saturated carbocycles. The van der Waals surface area contributed by atoms with Crippen LogP contribution in [0.4, 0.5) is 0 Å². The van der Waals surface area contributed by atoms with Crippen LogP contribution in [0.25, 0.3) is 0 Å². The highest BCUT2D eigenvalue weighted by atomic mass is 16.7. The minimum Gasteiger partial charge on any atom is -0.333 e. The molecule has 0 heterocycles. The quantitative estimate of drug-likeness (QED) is 0.630. The fourth-order valence-corrected chi connectivity index (χ4v) is 1.25. The van der Waals surface area contributed by atoms with Crippen molar-refractivity contribution in [1.29, 1.82) is 5.26 Å². The Kier molecular flexibility index (Phi) is 9.69. The van der Waals surface area contributed by atoms with Crippen molar-refractivity contribution in [2.75, 3.05) is 7.05 Å². The van der Waals surface area contributed by atoms with Crippen LogP contribution in [0.15, 0.2) is 24.3 Å². The van der Waals surface area contributed by atoms with E-state index in [1.165, 1.54) is 37.7 Å². The predicted octanol–water partition coefficient (Wildman–Crippen LogP) is 2.48. The van der Waals surface area contributed by atoms with Crippen molar-refractivity contribution in [3.05, 3.63) is 35.4 Å². The summed E-state index contributed by atoms with van der Waals surface area (Å²) in [5, 5.41) is 9.42. The highest BCUT2D eigenvalue weighted by molar-refractivity contribution is 5.90. The zero-order valence-corrected chi connectivity index (χ0v) is 13.0. The number of benzene rings is 1. The Labute approximate surface area is 130 Å². The van der Waals surface area contributed by atoms with Crippen LogP contribution < -0.4 is 0 Å². The fraction of sp³-hybridized carbons (Fsp3) is 0.375. The summed E-state index contributed by atoms with van der Waals surface area (Å²) in [6, 6.07) is 7.75. The highest BCUT2D eigenvalue weighted by Gasteiger charge is 2.15. The summed E-state index contributed by atoms with van der Waals surface area (Å²) in [6.07, 6.45) is 1.94.